The van der Waals surface area contributed by atoms with Crippen molar-refractivity contribution < 1.29 is 37.7 Å². The lowest BCUT2D eigenvalue weighted by Crippen LogP contribution is -2.41. The summed E-state index contributed by atoms with van der Waals surface area (Å²) >= 11 is 0. The second-order valence-electron chi connectivity index (χ2n) is 24.0. The zero-order valence-corrected chi connectivity index (χ0v) is 40.9. The van der Waals surface area contributed by atoms with Crippen molar-refractivity contribution in [2.45, 2.75) is 231 Å². The molecule has 0 aromatic heterocycles. The standard InChI is InChI=1S/2C26H39BO4/c2*1-23(2,3)29-22(28)16-18-10-13-26(14-11-18)15-12-19-17-20(8-9-21(19)26)27-30-24(4,5)25(6,7)31-27/h2*8-9,17-18H,10-16H2,1-7H3. The topological polar surface area (TPSA) is 89.5 Å². The monoisotopic (exact) mass is 853 g/mol. The fraction of sp³-hybridized carbons (Fsp3) is 0.731. The van der Waals surface area contributed by atoms with Gasteiger partial charge in [-0.25, -0.2) is 0 Å². The lowest BCUT2D eigenvalue weighted by molar-refractivity contribution is -0.157. The van der Waals surface area contributed by atoms with Gasteiger partial charge in [-0.15, -0.1) is 0 Å². The summed E-state index contributed by atoms with van der Waals surface area (Å²) in [5.74, 6) is 0.807. The highest BCUT2D eigenvalue weighted by Crippen LogP contribution is 2.52. The van der Waals surface area contributed by atoms with Gasteiger partial charge >= 0.3 is 26.2 Å². The van der Waals surface area contributed by atoms with Crippen LogP contribution in [0.3, 0.4) is 0 Å². The molecule has 2 saturated carbocycles. The molecule has 0 amide bonds. The molecule has 2 aromatic carbocycles. The molecule has 8 nitrogen and oxygen atoms in total. The molecule has 2 spiro atoms. The molecule has 6 aliphatic rings. The smallest absolute Gasteiger partial charge is 0.460 e. The van der Waals surface area contributed by atoms with E-state index < -0.39 is 11.2 Å². The summed E-state index contributed by atoms with van der Waals surface area (Å²) in [4.78, 5) is 24.5. The van der Waals surface area contributed by atoms with Gasteiger partial charge in [-0.2, -0.15) is 0 Å². The van der Waals surface area contributed by atoms with Gasteiger partial charge in [0.2, 0.25) is 0 Å². The molecule has 8 rings (SSSR count). The highest BCUT2D eigenvalue weighted by Gasteiger charge is 2.54. The highest BCUT2D eigenvalue weighted by atomic mass is 16.7. The molecule has 62 heavy (non-hydrogen) atoms. The molecule has 2 aliphatic heterocycles. The van der Waals surface area contributed by atoms with Crippen molar-refractivity contribution in [1.29, 1.82) is 0 Å². The Morgan fingerprint density at radius 1 is 0.532 bits per heavy atom. The molecule has 0 radical (unpaired) electrons. The van der Waals surface area contributed by atoms with E-state index in [9.17, 15) is 9.59 Å². The number of hydrogen-bond acceptors (Lipinski definition) is 8. The van der Waals surface area contributed by atoms with Crippen molar-refractivity contribution in [2.24, 2.45) is 11.8 Å². The number of carbonyl (C=O) groups is 2. The van der Waals surface area contributed by atoms with Crippen LogP contribution in [0.1, 0.15) is 196 Å². The van der Waals surface area contributed by atoms with Crippen LogP contribution in [0, 0.1) is 11.8 Å². The Bertz CT molecular complexity index is 1800. The Morgan fingerprint density at radius 3 is 1.13 bits per heavy atom. The third kappa shape index (κ3) is 9.94. The summed E-state index contributed by atoms with van der Waals surface area (Å²) in [6, 6.07) is 13.7. The normalized spacial score (nSPS) is 29.3. The molecule has 0 N–H and O–H groups in total. The number of aryl methyl sites for hydroxylation is 2. The minimum Gasteiger partial charge on any atom is -0.460 e. The van der Waals surface area contributed by atoms with Gasteiger partial charge in [-0.3, -0.25) is 9.59 Å². The van der Waals surface area contributed by atoms with E-state index in [1.807, 2.05) is 41.5 Å². The molecular formula is C52H78B2O8. The third-order valence-electron chi connectivity index (χ3n) is 16.1. The van der Waals surface area contributed by atoms with Crippen molar-refractivity contribution in [3.8, 4) is 0 Å². The van der Waals surface area contributed by atoms with Crippen LogP contribution in [-0.2, 0) is 61.4 Å². The average Bonchev–Trinajstić information content (AvgIpc) is 3.81. The minimum atomic E-state index is -0.397. The molecule has 0 atom stereocenters. The Kier molecular flexibility index (Phi) is 12.7. The zero-order valence-electron chi connectivity index (χ0n) is 40.9. The maximum Gasteiger partial charge on any atom is 0.494 e. The van der Waals surface area contributed by atoms with E-state index in [2.05, 4.69) is 91.8 Å². The molecule has 0 bridgehead atoms. The average molecular weight is 853 g/mol. The predicted molar refractivity (Wildman–Crippen MR) is 249 cm³/mol. The van der Waals surface area contributed by atoms with Crippen LogP contribution >= 0.6 is 0 Å². The van der Waals surface area contributed by atoms with E-state index >= 15 is 0 Å². The summed E-state index contributed by atoms with van der Waals surface area (Å²) in [7, 11) is -0.590. The summed E-state index contributed by atoms with van der Waals surface area (Å²) in [5, 5.41) is 0. The molecule has 4 aliphatic carbocycles. The first-order chi connectivity index (χ1) is 28.6. The molecule has 2 heterocycles. The van der Waals surface area contributed by atoms with Crippen molar-refractivity contribution >= 4 is 37.1 Å². The van der Waals surface area contributed by atoms with Gasteiger partial charge in [-0.1, -0.05) is 36.4 Å². The minimum absolute atomic E-state index is 0.0488. The summed E-state index contributed by atoms with van der Waals surface area (Å²) in [6.07, 6.45) is 14.9. The predicted octanol–water partition coefficient (Wildman–Crippen LogP) is 10.2. The summed E-state index contributed by atoms with van der Waals surface area (Å²) < 4.78 is 36.1. The third-order valence-corrected chi connectivity index (χ3v) is 16.1. The van der Waals surface area contributed by atoms with Gasteiger partial charge in [0.1, 0.15) is 11.2 Å². The maximum atomic E-state index is 12.2. The SMILES string of the molecule is CC(C)(C)OC(=O)CC1CCC2(CCc3cc(B4OC(C)(C)C(C)(C)O4)ccc32)CC1.CC(C)(C)OC(=O)CC1CCC2(CCc3cc(B4OC(C)(C)C(C)(C)O4)ccc32)CC1. The van der Waals surface area contributed by atoms with Crippen LogP contribution < -0.4 is 10.9 Å². The van der Waals surface area contributed by atoms with Crippen molar-refractivity contribution in [3.05, 3.63) is 58.7 Å². The van der Waals surface area contributed by atoms with E-state index in [1.54, 1.807) is 0 Å². The number of rotatable bonds is 6. The molecule has 4 fully saturated rings. The van der Waals surface area contributed by atoms with Crippen LogP contribution in [0.2, 0.25) is 0 Å². The van der Waals surface area contributed by atoms with Gasteiger partial charge in [0, 0.05) is 12.8 Å². The fourth-order valence-electron chi connectivity index (χ4n) is 11.1. The van der Waals surface area contributed by atoms with Crippen LogP contribution in [0.4, 0.5) is 0 Å². The van der Waals surface area contributed by atoms with Gasteiger partial charge in [0.15, 0.2) is 0 Å². The molecule has 0 unspecified atom stereocenters. The lowest BCUT2D eigenvalue weighted by Gasteiger charge is -2.38. The van der Waals surface area contributed by atoms with E-state index in [-0.39, 0.29) is 59.4 Å². The number of fused-ring (bicyclic) bond motifs is 4. The Balaban J connectivity index is 0.000000186. The number of ether oxygens (including phenoxy) is 2. The Morgan fingerprint density at radius 2 is 0.839 bits per heavy atom. The number of esters is 2. The quantitative estimate of drug-likeness (QED) is 0.210. The van der Waals surface area contributed by atoms with Gasteiger partial charge in [0.25, 0.3) is 0 Å². The van der Waals surface area contributed by atoms with Crippen molar-refractivity contribution in [1.82, 2.24) is 0 Å². The number of benzene rings is 2. The van der Waals surface area contributed by atoms with Crippen molar-refractivity contribution in [3.63, 3.8) is 0 Å². The first-order valence-corrected chi connectivity index (χ1v) is 24.0. The Hall–Kier alpha value is -2.65. The number of carbonyl (C=O) groups excluding carboxylic acids is 2. The van der Waals surface area contributed by atoms with Crippen molar-refractivity contribution in [2.75, 3.05) is 0 Å². The lowest BCUT2D eigenvalue weighted by atomic mass is 9.66. The van der Waals surface area contributed by atoms with Gasteiger partial charge < -0.3 is 28.1 Å². The summed E-state index contributed by atoms with van der Waals surface area (Å²) in [5.41, 5.74) is 6.73. The van der Waals surface area contributed by atoms with Crippen LogP contribution in [0.15, 0.2) is 36.4 Å². The summed E-state index contributed by atoms with van der Waals surface area (Å²) in [6.45, 7) is 28.4. The van der Waals surface area contributed by atoms with Gasteiger partial charge in [0.05, 0.1) is 22.4 Å². The zero-order chi connectivity index (χ0) is 45.3. The molecule has 2 saturated heterocycles. The van der Waals surface area contributed by atoms with E-state index in [4.69, 9.17) is 28.1 Å². The maximum absolute atomic E-state index is 12.2. The van der Waals surface area contributed by atoms with E-state index in [1.165, 1.54) is 60.8 Å². The van der Waals surface area contributed by atoms with E-state index in [0.29, 0.717) is 24.7 Å². The first kappa shape index (κ1) is 47.3. The largest absolute Gasteiger partial charge is 0.494 e. The van der Waals surface area contributed by atoms with E-state index in [0.717, 1.165) is 49.5 Å². The second kappa shape index (κ2) is 16.7. The first-order valence-electron chi connectivity index (χ1n) is 24.0. The Labute approximate surface area is 375 Å². The molecule has 340 valence electrons. The second-order valence-corrected chi connectivity index (χ2v) is 24.0. The van der Waals surface area contributed by atoms with Crippen LogP contribution in [-0.4, -0.2) is 59.8 Å². The number of hydrogen-bond donors (Lipinski definition) is 0. The molecule has 10 heteroatoms. The molecule has 2 aromatic rings. The van der Waals surface area contributed by atoms with Gasteiger partial charge in [-0.05, 0) is 230 Å². The fourth-order valence-corrected chi connectivity index (χ4v) is 11.1. The molecular weight excluding hydrogens is 774 g/mol. The van der Waals surface area contributed by atoms with Crippen LogP contribution in [0.5, 0.6) is 0 Å². The highest BCUT2D eigenvalue weighted by molar-refractivity contribution is 6.62. The van der Waals surface area contributed by atoms with Crippen LogP contribution in [0.25, 0.3) is 0 Å².